The minimum absolute atomic E-state index is 0.161. The van der Waals surface area contributed by atoms with Crippen LogP contribution >= 0.6 is 0 Å². The molecule has 3 rings (SSSR count). The summed E-state index contributed by atoms with van der Waals surface area (Å²) in [5, 5.41) is 2.91. The first-order valence-electron chi connectivity index (χ1n) is 9.15. The summed E-state index contributed by atoms with van der Waals surface area (Å²) in [6.07, 6.45) is 0.369. The molecule has 1 N–H and O–H groups in total. The van der Waals surface area contributed by atoms with Gasteiger partial charge < -0.3 is 19.7 Å². The molecule has 5 heteroatoms. The highest BCUT2D eigenvalue weighted by Crippen LogP contribution is 2.20. The van der Waals surface area contributed by atoms with Crippen LogP contribution in [0.25, 0.3) is 0 Å². The second-order valence-corrected chi connectivity index (χ2v) is 6.40. The summed E-state index contributed by atoms with van der Waals surface area (Å²) in [6, 6.07) is 15.7. The highest BCUT2D eigenvalue weighted by Gasteiger charge is 2.16. The normalized spacial score (nSPS) is 15.4. The monoisotopic (exact) mass is 354 g/mol. The molecule has 1 atom stereocenters. The Hall–Kier alpha value is -2.53. The Bertz CT molecular complexity index is 724. The molecular formula is C21H26N2O3. The van der Waals surface area contributed by atoms with Gasteiger partial charge in [-0.1, -0.05) is 19.1 Å². The van der Waals surface area contributed by atoms with E-state index in [-0.39, 0.29) is 5.91 Å². The van der Waals surface area contributed by atoms with Crippen molar-refractivity contribution >= 4 is 17.3 Å². The van der Waals surface area contributed by atoms with Gasteiger partial charge in [0.25, 0.3) is 5.91 Å². The minimum atomic E-state index is -0.568. The molecule has 0 aromatic heterocycles. The van der Waals surface area contributed by atoms with Crippen molar-refractivity contribution in [2.75, 3.05) is 36.5 Å². The van der Waals surface area contributed by atoms with E-state index in [9.17, 15) is 4.79 Å². The van der Waals surface area contributed by atoms with Crippen molar-refractivity contribution in [3.63, 3.8) is 0 Å². The van der Waals surface area contributed by atoms with E-state index in [0.29, 0.717) is 0 Å². The molecule has 0 saturated carbocycles. The van der Waals surface area contributed by atoms with E-state index in [0.717, 1.165) is 49.8 Å². The summed E-state index contributed by atoms with van der Waals surface area (Å²) in [7, 11) is 0. The van der Waals surface area contributed by atoms with Crippen LogP contribution in [0.4, 0.5) is 11.4 Å². The van der Waals surface area contributed by atoms with Gasteiger partial charge in [-0.3, -0.25) is 4.79 Å². The summed E-state index contributed by atoms with van der Waals surface area (Å²) < 4.78 is 11.2. The Balaban J connectivity index is 1.56. The van der Waals surface area contributed by atoms with Gasteiger partial charge in [0.2, 0.25) is 0 Å². The van der Waals surface area contributed by atoms with Gasteiger partial charge in [0, 0.05) is 24.5 Å². The van der Waals surface area contributed by atoms with Gasteiger partial charge in [0.05, 0.1) is 13.2 Å². The number of nitrogens with zero attached hydrogens (tertiary/aromatic N) is 1. The van der Waals surface area contributed by atoms with Crippen LogP contribution in [-0.4, -0.2) is 38.3 Å². The predicted octanol–water partition coefficient (Wildman–Crippen LogP) is 3.49. The Morgan fingerprint density at radius 2 is 1.92 bits per heavy atom. The van der Waals surface area contributed by atoms with E-state index in [4.69, 9.17) is 9.47 Å². The Kier molecular flexibility index (Phi) is 6.12. The van der Waals surface area contributed by atoms with Crippen LogP contribution in [0.2, 0.25) is 0 Å². The summed E-state index contributed by atoms with van der Waals surface area (Å²) in [4.78, 5) is 14.7. The van der Waals surface area contributed by atoms with E-state index in [1.54, 1.807) is 6.92 Å². The molecule has 1 aliphatic rings. The summed E-state index contributed by atoms with van der Waals surface area (Å²) in [6.45, 7) is 7.16. The zero-order chi connectivity index (χ0) is 18.4. The number of ether oxygens (including phenoxy) is 2. The zero-order valence-corrected chi connectivity index (χ0v) is 15.4. The molecule has 2 aromatic carbocycles. The molecule has 0 radical (unpaired) electrons. The standard InChI is InChI=1S/C21H26N2O3/c1-3-17-5-4-6-20(15-17)26-16(2)21(24)22-18-7-9-19(10-8-18)23-11-13-25-14-12-23/h4-10,15-16H,3,11-14H2,1-2H3,(H,22,24). The molecule has 0 spiro atoms. The zero-order valence-electron chi connectivity index (χ0n) is 15.4. The van der Waals surface area contributed by atoms with Gasteiger partial charge >= 0.3 is 0 Å². The third kappa shape index (κ3) is 4.76. The number of aryl methyl sites for hydroxylation is 1. The van der Waals surface area contributed by atoms with Crippen molar-refractivity contribution < 1.29 is 14.3 Å². The minimum Gasteiger partial charge on any atom is -0.481 e. The molecule has 1 heterocycles. The number of carbonyl (C=O) groups excluding carboxylic acids is 1. The average Bonchev–Trinajstić information content (AvgIpc) is 2.69. The van der Waals surface area contributed by atoms with Gasteiger partial charge in [0.1, 0.15) is 5.75 Å². The van der Waals surface area contributed by atoms with Crippen LogP contribution in [0.5, 0.6) is 5.75 Å². The number of anilines is 2. The number of carbonyl (C=O) groups is 1. The second-order valence-electron chi connectivity index (χ2n) is 6.40. The topological polar surface area (TPSA) is 50.8 Å². The van der Waals surface area contributed by atoms with Crippen LogP contribution in [0.1, 0.15) is 19.4 Å². The molecular weight excluding hydrogens is 328 g/mol. The first-order chi connectivity index (χ1) is 12.7. The molecule has 1 unspecified atom stereocenters. The maximum absolute atomic E-state index is 12.4. The van der Waals surface area contributed by atoms with E-state index < -0.39 is 6.10 Å². The van der Waals surface area contributed by atoms with E-state index in [1.807, 2.05) is 48.5 Å². The van der Waals surface area contributed by atoms with Crippen molar-refractivity contribution in [3.05, 3.63) is 54.1 Å². The largest absolute Gasteiger partial charge is 0.481 e. The lowest BCUT2D eigenvalue weighted by Gasteiger charge is -2.29. The number of rotatable bonds is 6. The number of nitrogens with one attached hydrogen (secondary N) is 1. The lowest BCUT2D eigenvalue weighted by molar-refractivity contribution is -0.122. The van der Waals surface area contributed by atoms with Crippen molar-refractivity contribution in [2.45, 2.75) is 26.4 Å². The van der Waals surface area contributed by atoms with Crippen LogP contribution < -0.4 is 15.0 Å². The quantitative estimate of drug-likeness (QED) is 0.863. The molecule has 2 aromatic rings. The third-order valence-corrected chi connectivity index (χ3v) is 4.50. The van der Waals surface area contributed by atoms with Crippen LogP contribution in [0.3, 0.4) is 0 Å². The fourth-order valence-electron chi connectivity index (χ4n) is 2.92. The highest BCUT2D eigenvalue weighted by atomic mass is 16.5. The molecule has 1 saturated heterocycles. The molecule has 0 aliphatic carbocycles. The number of morpholine rings is 1. The predicted molar refractivity (Wildman–Crippen MR) is 104 cm³/mol. The first kappa shape index (κ1) is 18.3. The lowest BCUT2D eigenvalue weighted by Crippen LogP contribution is -2.36. The Labute approximate surface area is 154 Å². The van der Waals surface area contributed by atoms with Gasteiger partial charge in [-0.25, -0.2) is 0 Å². The summed E-state index contributed by atoms with van der Waals surface area (Å²) in [5.74, 6) is 0.556. The van der Waals surface area contributed by atoms with Crippen molar-refractivity contribution in [1.29, 1.82) is 0 Å². The number of hydrogen-bond acceptors (Lipinski definition) is 4. The van der Waals surface area contributed by atoms with Gasteiger partial charge in [-0.05, 0) is 55.3 Å². The SMILES string of the molecule is CCc1cccc(OC(C)C(=O)Nc2ccc(N3CCOCC3)cc2)c1. The fourth-order valence-corrected chi connectivity index (χ4v) is 2.92. The Morgan fingerprint density at radius 1 is 1.19 bits per heavy atom. The van der Waals surface area contributed by atoms with Gasteiger partial charge in [-0.15, -0.1) is 0 Å². The van der Waals surface area contributed by atoms with Gasteiger partial charge in [-0.2, -0.15) is 0 Å². The van der Waals surface area contributed by atoms with Gasteiger partial charge in [0.15, 0.2) is 6.10 Å². The Morgan fingerprint density at radius 3 is 2.62 bits per heavy atom. The van der Waals surface area contributed by atoms with Crippen molar-refractivity contribution in [1.82, 2.24) is 0 Å². The van der Waals surface area contributed by atoms with Crippen molar-refractivity contribution in [2.24, 2.45) is 0 Å². The number of hydrogen-bond donors (Lipinski definition) is 1. The molecule has 5 nitrogen and oxygen atoms in total. The highest BCUT2D eigenvalue weighted by molar-refractivity contribution is 5.94. The molecule has 1 fully saturated rings. The summed E-state index contributed by atoms with van der Waals surface area (Å²) >= 11 is 0. The maximum atomic E-state index is 12.4. The fraction of sp³-hybridized carbons (Fsp3) is 0.381. The summed E-state index contributed by atoms with van der Waals surface area (Å²) in [5.41, 5.74) is 3.10. The van der Waals surface area contributed by atoms with E-state index in [2.05, 4.69) is 17.1 Å². The maximum Gasteiger partial charge on any atom is 0.265 e. The number of amides is 1. The van der Waals surface area contributed by atoms with E-state index >= 15 is 0 Å². The molecule has 26 heavy (non-hydrogen) atoms. The van der Waals surface area contributed by atoms with Crippen molar-refractivity contribution in [3.8, 4) is 5.75 Å². The molecule has 138 valence electrons. The van der Waals surface area contributed by atoms with Crippen LogP contribution in [-0.2, 0) is 16.0 Å². The number of benzene rings is 2. The first-order valence-corrected chi connectivity index (χ1v) is 9.15. The molecule has 1 amide bonds. The smallest absolute Gasteiger partial charge is 0.265 e. The molecule has 0 bridgehead atoms. The average molecular weight is 354 g/mol. The van der Waals surface area contributed by atoms with Crippen LogP contribution in [0, 0.1) is 0 Å². The second kappa shape index (κ2) is 8.72. The van der Waals surface area contributed by atoms with Crippen LogP contribution in [0.15, 0.2) is 48.5 Å². The third-order valence-electron chi connectivity index (χ3n) is 4.50. The molecule has 1 aliphatic heterocycles. The lowest BCUT2D eigenvalue weighted by atomic mass is 10.2. The van der Waals surface area contributed by atoms with E-state index in [1.165, 1.54) is 5.56 Å².